The lowest BCUT2D eigenvalue weighted by atomic mass is 9.90. The maximum atomic E-state index is 13.0. The highest BCUT2D eigenvalue weighted by Gasteiger charge is 2.32. The van der Waals surface area contributed by atoms with E-state index in [1.54, 1.807) is 48.5 Å². The molecule has 0 aliphatic carbocycles. The molecule has 2 heterocycles. The third kappa shape index (κ3) is 4.18. The van der Waals surface area contributed by atoms with E-state index < -0.39 is 5.97 Å². The van der Waals surface area contributed by atoms with Gasteiger partial charge >= 0.3 is 5.97 Å². The molecular formula is C27H22ClNO5. The Morgan fingerprint density at radius 2 is 1.85 bits per heavy atom. The van der Waals surface area contributed by atoms with Crippen LogP contribution in [0.4, 0.5) is 0 Å². The first-order valence-electron chi connectivity index (χ1n) is 11.0. The lowest BCUT2D eigenvalue weighted by Crippen LogP contribution is -2.32. The van der Waals surface area contributed by atoms with Crippen molar-refractivity contribution in [3.8, 4) is 17.1 Å². The highest BCUT2D eigenvalue weighted by Crippen LogP contribution is 2.38. The molecule has 2 unspecified atom stereocenters. The maximum absolute atomic E-state index is 13.0. The lowest BCUT2D eigenvalue weighted by molar-refractivity contribution is 0.0466. The summed E-state index contributed by atoms with van der Waals surface area (Å²) in [6, 6.07) is 20.4. The summed E-state index contributed by atoms with van der Waals surface area (Å²) in [5.41, 5.74) is 1.81. The van der Waals surface area contributed by atoms with Crippen molar-refractivity contribution in [3.05, 3.63) is 99.2 Å². The number of carbonyl (C=O) groups is 1. The molecule has 7 heteroatoms. The Hall–Kier alpha value is -3.61. The fourth-order valence-corrected chi connectivity index (χ4v) is 4.72. The van der Waals surface area contributed by atoms with Gasteiger partial charge in [-0.25, -0.2) is 4.79 Å². The van der Waals surface area contributed by atoms with E-state index in [4.69, 9.17) is 20.8 Å². The Balaban J connectivity index is 1.51. The van der Waals surface area contributed by atoms with Gasteiger partial charge in [-0.05, 0) is 43.3 Å². The van der Waals surface area contributed by atoms with Crippen LogP contribution in [-0.2, 0) is 4.74 Å². The van der Waals surface area contributed by atoms with Crippen LogP contribution in [0.15, 0.2) is 82.0 Å². The number of aromatic hydroxyl groups is 1. The summed E-state index contributed by atoms with van der Waals surface area (Å²) in [7, 11) is 0. The van der Waals surface area contributed by atoms with Crippen LogP contribution in [-0.4, -0.2) is 30.3 Å². The minimum absolute atomic E-state index is 0.0867. The van der Waals surface area contributed by atoms with Crippen molar-refractivity contribution in [2.24, 2.45) is 0 Å². The van der Waals surface area contributed by atoms with Crippen LogP contribution in [0.1, 0.15) is 28.3 Å². The highest BCUT2D eigenvalue weighted by atomic mass is 35.5. The highest BCUT2D eigenvalue weighted by molar-refractivity contribution is 6.33. The Kier molecular flexibility index (Phi) is 6.09. The monoisotopic (exact) mass is 475 g/mol. The van der Waals surface area contributed by atoms with E-state index in [0.717, 1.165) is 18.5 Å². The lowest BCUT2D eigenvalue weighted by Gasteiger charge is -2.21. The summed E-state index contributed by atoms with van der Waals surface area (Å²) >= 11 is 6.34. The summed E-state index contributed by atoms with van der Waals surface area (Å²) < 4.78 is 11.8. The van der Waals surface area contributed by atoms with Gasteiger partial charge in [-0.3, -0.25) is 4.79 Å². The quantitative estimate of drug-likeness (QED) is 0.389. The van der Waals surface area contributed by atoms with E-state index in [9.17, 15) is 14.7 Å². The molecule has 2 atom stereocenters. The van der Waals surface area contributed by atoms with Crippen molar-refractivity contribution in [1.82, 2.24) is 5.32 Å². The van der Waals surface area contributed by atoms with Crippen molar-refractivity contribution >= 4 is 28.5 Å². The predicted molar refractivity (Wildman–Crippen MR) is 130 cm³/mol. The molecule has 172 valence electrons. The maximum Gasteiger partial charge on any atom is 0.338 e. The number of ether oxygens (including phenoxy) is 1. The third-order valence-corrected chi connectivity index (χ3v) is 6.51. The zero-order valence-electron chi connectivity index (χ0n) is 18.2. The zero-order chi connectivity index (χ0) is 23.7. The molecule has 0 saturated carbocycles. The average molecular weight is 476 g/mol. The number of carbonyl (C=O) groups excluding carboxylic acids is 1. The topological polar surface area (TPSA) is 88.8 Å². The second-order valence-electron chi connectivity index (χ2n) is 8.25. The Morgan fingerprint density at radius 3 is 2.65 bits per heavy atom. The second kappa shape index (κ2) is 9.33. The number of halogens is 1. The molecule has 1 aliphatic heterocycles. The summed E-state index contributed by atoms with van der Waals surface area (Å²) in [5.74, 6) is -0.295. The van der Waals surface area contributed by atoms with Crippen LogP contribution < -0.4 is 10.7 Å². The number of phenolic OH excluding ortho intramolecular Hbond substituents is 1. The van der Waals surface area contributed by atoms with Crippen molar-refractivity contribution in [1.29, 1.82) is 0 Å². The molecular weight excluding hydrogens is 454 g/mol. The van der Waals surface area contributed by atoms with Gasteiger partial charge in [0, 0.05) is 29.2 Å². The molecule has 34 heavy (non-hydrogen) atoms. The van der Waals surface area contributed by atoms with Crippen LogP contribution in [0.2, 0.25) is 5.02 Å². The second-order valence-corrected chi connectivity index (χ2v) is 8.66. The number of phenols is 1. The normalized spacial score (nSPS) is 17.7. The van der Waals surface area contributed by atoms with Gasteiger partial charge in [0.05, 0.1) is 10.6 Å². The van der Waals surface area contributed by atoms with E-state index in [1.165, 1.54) is 12.1 Å². The van der Waals surface area contributed by atoms with Crippen LogP contribution >= 0.6 is 11.6 Å². The molecule has 1 aromatic heterocycles. The van der Waals surface area contributed by atoms with Gasteiger partial charge in [-0.15, -0.1) is 0 Å². The Morgan fingerprint density at radius 1 is 1.09 bits per heavy atom. The van der Waals surface area contributed by atoms with Gasteiger partial charge in [0.1, 0.15) is 29.1 Å². The number of rotatable bonds is 5. The minimum Gasteiger partial charge on any atom is -0.507 e. The van der Waals surface area contributed by atoms with Crippen LogP contribution in [0.5, 0.6) is 5.75 Å². The summed E-state index contributed by atoms with van der Waals surface area (Å²) in [6.45, 7) is 0.879. The van der Waals surface area contributed by atoms with Crippen molar-refractivity contribution in [2.45, 2.75) is 18.4 Å². The van der Waals surface area contributed by atoms with Gasteiger partial charge in [0.2, 0.25) is 0 Å². The molecule has 1 saturated heterocycles. The van der Waals surface area contributed by atoms with Crippen molar-refractivity contribution < 1.29 is 19.1 Å². The molecule has 6 nitrogen and oxygen atoms in total. The number of fused-ring (bicyclic) bond motifs is 1. The number of nitrogens with one attached hydrogen (secondary N) is 1. The first-order chi connectivity index (χ1) is 16.5. The molecule has 5 rings (SSSR count). The number of hydrogen-bond acceptors (Lipinski definition) is 6. The first-order valence-corrected chi connectivity index (χ1v) is 11.4. The summed E-state index contributed by atoms with van der Waals surface area (Å²) in [6.07, 6.45) is 0.757. The molecule has 3 aromatic carbocycles. The minimum atomic E-state index is -0.392. The summed E-state index contributed by atoms with van der Waals surface area (Å²) in [4.78, 5) is 25.4. The van der Waals surface area contributed by atoms with Gasteiger partial charge in [-0.2, -0.15) is 0 Å². The fraction of sp³-hybridized carbons (Fsp3) is 0.185. The third-order valence-electron chi connectivity index (χ3n) is 6.18. The van der Waals surface area contributed by atoms with Gasteiger partial charge < -0.3 is 19.6 Å². The Labute approximate surface area is 200 Å². The van der Waals surface area contributed by atoms with E-state index in [2.05, 4.69) is 5.32 Å². The van der Waals surface area contributed by atoms with E-state index in [0.29, 0.717) is 27.5 Å². The van der Waals surface area contributed by atoms with E-state index in [-0.39, 0.29) is 35.1 Å². The standard InChI is InChI=1S/C27H22ClNO5/c28-20-9-5-4-8-19(20)24-14-23(31)25-22(30)11-10-18(26(25)34-24)17-12-13-29-21(17)15-33-27(32)16-6-2-1-3-7-16/h1-11,14,17,21,29-30H,12-13,15H2. The van der Waals surface area contributed by atoms with Crippen molar-refractivity contribution in [2.75, 3.05) is 13.2 Å². The van der Waals surface area contributed by atoms with E-state index in [1.807, 2.05) is 12.1 Å². The van der Waals surface area contributed by atoms with Gasteiger partial charge in [0.15, 0.2) is 5.43 Å². The number of esters is 1. The zero-order valence-corrected chi connectivity index (χ0v) is 18.9. The molecule has 0 bridgehead atoms. The van der Waals surface area contributed by atoms with Crippen LogP contribution in [0, 0.1) is 0 Å². The van der Waals surface area contributed by atoms with Gasteiger partial charge in [0.25, 0.3) is 0 Å². The van der Waals surface area contributed by atoms with Gasteiger partial charge in [-0.1, -0.05) is 48.0 Å². The largest absolute Gasteiger partial charge is 0.507 e. The summed E-state index contributed by atoms with van der Waals surface area (Å²) in [5, 5.41) is 14.4. The van der Waals surface area contributed by atoms with E-state index >= 15 is 0 Å². The average Bonchev–Trinajstić information content (AvgIpc) is 3.31. The molecule has 1 aliphatic rings. The van der Waals surface area contributed by atoms with Crippen LogP contribution in [0.3, 0.4) is 0 Å². The number of benzene rings is 3. The van der Waals surface area contributed by atoms with Crippen molar-refractivity contribution in [3.63, 3.8) is 0 Å². The Bertz CT molecular complexity index is 1420. The number of hydrogen-bond donors (Lipinski definition) is 2. The molecule has 0 amide bonds. The predicted octanol–water partition coefficient (Wildman–Crippen LogP) is 5.12. The molecule has 2 N–H and O–H groups in total. The molecule has 4 aromatic rings. The SMILES string of the molecule is O=C(OCC1NCCC1c1ccc(O)c2c(=O)cc(-c3ccccc3Cl)oc12)c1ccccc1. The smallest absolute Gasteiger partial charge is 0.338 e. The first kappa shape index (κ1) is 22.2. The molecule has 0 spiro atoms. The molecule has 0 radical (unpaired) electrons. The fourth-order valence-electron chi connectivity index (χ4n) is 4.49. The molecule has 1 fully saturated rings. The van der Waals surface area contributed by atoms with Crippen LogP contribution in [0.25, 0.3) is 22.3 Å².